The second-order valence-corrected chi connectivity index (χ2v) is 7.75. The molecule has 3 heterocycles. The molecule has 0 N–H and O–H groups in total. The lowest BCUT2D eigenvalue weighted by Crippen LogP contribution is -2.38. The maximum Gasteiger partial charge on any atom is 0.276 e. The van der Waals surface area contributed by atoms with Crippen LogP contribution in [-0.4, -0.2) is 37.3 Å². The lowest BCUT2D eigenvalue weighted by molar-refractivity contribution is 0.0605. The minimum absolute atomic E-state index is 0.0112. The first-order chi connectivity index (χ1) is 13.1. The molecule has 3 aromatic rings. The fourth-order valence-corrected chi connectivity index (χ4v) is 4.29. The van der Waals surface area contributed by atoms with Gasteiger partial charge < -0.3 is 4.90 Å². The summed E-state index contributed by atoms with van der Waals surface area (Å²) in [7, 11) is 0. The number of likely N-dealkylation sites (tertiary alicyclic amines) is 1. The standard InChI is InChI=1S/C18H17ClFN5OS/c19-14-9-13(20)5-4-12(14)10-24-11-15(22-23-24)18(26)25-7-2-1-3-16(25)17-21-6-8-27-17/h4-6,8-9,11,16H,1-3,7,10H2/t16-/m1/s1. The van der Waals surface area contributed by atoms with Crippen molar-refractivity contribution in [3.05, 3.63) is 63.1 Å². The lowest BCUT2D eigenvalue weighted by atomic mass is 10.0. The highest BCUT2D eigenvalue weighted by atomic mass is 35.5. The highest BCUT2D eigenvalue weighted by Crippen LogP contribution is 2.32. The molecule has 2 aromatic heterocycles. The van der Waals surface area contributed by atoms with E-state index in [9.17, 15) is 9.18 Å². The van der Waals surface area contributed by atoms with Crippen LogP contribution in [0.1, 0.15) is 46.4 Å². The van der Waals surface area contributed by atoms with E-state index in [1.165, 1.54) is 16.8 Å². The van der Waals surface area contributed by atoms with Gasteiger partial charge in [-0.05, 0) is 37.0 Å². The first-order valence-electron chi connectivity index (χ1n) is 8.66. The second kappa shape index (κ2) is 7.74. The molecule has 1 amide bonds. The van der Waals surface area contributed by atoms with Gasteiger partial charge in [-0.25, -0.2) is 14.1 Å². The Morgan fingerprint density at radius 2 is 2.26 bits per heavy atom. The zero-order valence-corrected chi connectivity index (χ0v) is 16.0. The number of aromatic nitrogens is 4. The van der Waals surface area contributed by atoms with Crippen LogP contribution >= 0.6 is 22.9 Å². The molecule has 1 aromatic carbocycles. The van der Waals surface area contributed by atoms with E-state index >= 15 is 0 Å². The number of piperidine rings is 1. The molecule has 1 saturated heterocycles. The summed E-state index contributed by atoms with van der Waals surface area (Å²) in [5.41, 5.74) is 0.997. The molecule has 6 nitrogen and oxygen atoms in total. The van der Waals surface area contributed by atoms with Gasteiger partial charge in [0.25, 0.3) is 5.91 Å². The van der Waals surface area contributed by atoms with E-state index in [1.807, 2.05) is 10.3 Å². The Balaban J connectivity index is 1.52. The van der Waals surface area contributed by atoms with Gasteiger partial charge in [-0.15, -0.1) is 16.4 Å². The van der Waals surface area contributed by atoms with Crippen LogP contribution in [0.2, 0.25) is 5.02 Å². The van der Waals surface area contributed by atoms with Crippen LogP contribution in [0.3, 0.4) is 0 Å². The van der Waals surface area contributed by atoms with E-state index in [-0.39, 0.29) is 17.6 Å². The van der Waals surface area contributed by atoms with Crippen molar-refractivity contribution in [3.8, 4) is 0 Å². The molecule has 0 unspecified atom stereocenters. The zero-order valence-electron chi connectivity index (χ0n) is 14.4. The number of hydrogen-bond acceptors (Lipinski definition) is 5. The van der Waals surface area contributed by atoms with Gasteiger partial charge in [-0.3, -0.25) is 4.79 Å². The number of halogens is 2. The van der Waals surface area contributed by atoms with Crippen LogP contribution in [0.4, 0.5) is 4.39 Å². The van der Waals surface area contributed by atoms with Gasteiger partial charge >= 0.3 is 0 Å². The Kier molecular flexibility index (Phi) is 5.18. The molecular formula is C18H17ClFN5OS. The second-order valence-electron chi connectivity index (χ2n) is 6.42. The first-order valence-corrected chi connectivity index (χ1v) is 9.92. The first kappa shape index (κ1) is 18.1. The van der Waals surface area contributed by atoms with Crippen LogP contribution < -0.4 is 0 Å². The van der Waals surface area contributed by atoms with Crippen molar-refractivity contribution >= 4 is 28.8 Å². The number of thiazole rings is 1. The molecular weight excluding hydrogens is 389 g/mol. The molecule has 1 aliphatic heterocycles. The highest BCUT2D eigenvalue weighted by Gasteiger charge is 2.31. The SMILES string of the molecule is O=C(c1cn(Cc2ccc(F)cc2Cl)nn1)N1CCCC[C@@H]1c1nccs1. The van der Waals surface area contributed by atoms with Crippen LogP contribution in [0, 0.1) is 5.82 Å². The fourth-order valence-electron chi connectivity index (χ4n) is 3.28. The molecule has 140 valence electrons. The Labute approximate surface area is 164 Å². The summed E-state index contributed by atoms with van der Waals surface area (Å²) in [4.78, 5) is 19.2. The van der Waals surface area contributed by atoms with Gasteiger partial charge in [0.1, 0.15) is 10.8 Å². The van der Waals surface area contributed by atoms with Crippen molar-refractivity contribution in [2.75, 3.05) is 6.54 Å². The largest absolute Gasteiger partial charge is 0.328 e. The van der Waals surface area contributed by atoms with Gasteiger partial charge in [-0.1, -0.05) is 22.9 Å². The molecule has 1 aliphatic rings. The third-order valence-electron chi connectivity index (χ3n) is 4.61. The molecule has 0 saturated carbocycles. The van der Waals surface area contributed by atoms with E-state index in [0.29, 0.717) is 23.7 Å². The number of amides is 1. The third kappa shape index (κ3) is 3.86. The van der Waals surface area contributed by atoms with Crippen LogP contribution in [-0.2, 0) is 6.54 Å². The molecule has 1 fully saturated rings. The molecule has 27 heavy (non-hydrogen) atoms. The van der Waals surface area contributed by atoms with Gasteiger partial charge in [0.05, 0.1) is 18.8 Å². The Hall–Kier alpha value is -2.32. The molecule has 4 rings (SSSR count). The van der Waals surface area contributed by atoms with E-state index in [1.54, 1.807) is 29.8 Å². The predicted molar refractivity (Wildman–Crippen MR) is 100 cm³/mol. The van der Waals surface area contributed by atoms with Crippen molar-refractivity contribution in [3.63, 3.8) is 0 Å². The van der Waals surface area contributed by atoms with E-state index < -0.39 is 5.82 Å². The normalized spacial score (nSPS) is 17.3. The minimum Gasteiger partial charge on any atom is -0.328 e. The number of carbonyl (C=O) groups is 1. The Morgan fingerprint density at radius 1 is 1.37 bits per heavy atom. The minimum atomic E-state index is -0.392. The summed E-state index contributed by atoms with van der Waals surface area (Å²) >= 11 is 7.63. The quantitative estimate of drug-likeness (QED) is 0.659. The summed E-state index contributed by atoms with van der Waals surface area (Å²) in [6.07, 6.45) is 6.31. The highest BCUT2D eigenvalue weighted by molar-refractivity contribution is 7.09. The van der Waals surface area contributed by atoms with E-state index in [2.05, 4.69) is 15.3 Å². The maximum absolute atomic E-state index is 13.2. The Bertz CT molecular complexity index is 945. The summed E-state index contributed by atoms with van der Waals surface area (Å²) in [6.45, 7) is 0.995. The topological polar surface area (TPSA) is 63.9 Å². The predicted octanol–water partition coefficient (Wildman–Crippen LogP) is 3.94. The number of rotatable bonds is 4. The molecule has 9 heteroatoms. The number of hydrogen-bond donors (Lipinski definition) is 0. The number of carbonyl (C=O) groups excluding carboxylic acids is 1. The molecule has 0 radical (unpaired) electrons. The average molecular weight is 406 g/mol. The summed E-state index contributed by atoms with van der Waals surface area (Å²) < 4.78 is 14.7. The van der Waals surface area contributed by atoms with Crippen molar-refractivity contribution < 1.29 is 9.18 Å². The van der Waals surface area contributed by atoms with Gasteiger partial charge in [-0.2, -0.15) is 0 Å². The maximum atomic E-state index is 13.2. The molecule has 1 atom stereocenters. The molecule has 0 spiro atoms. The van der Waals surface area contributed by atoms with Crippen LogP contribution in [0.15, 0.2) is 36.0 Å². The lowest BCUT2D eigenvalue weighted by Gasteiger charge is -2.33. The number of nitrogens with zero attached hydrogens (tertiary/aromatic N) is 5. The van der Waals surface area contributed by atoms with Gasteiger partial charge in [0.15, 0.2) is 5.69 Å². The van der Waals surface area contributed by atoms with E-state index in [0.717, 1.165) is 24.3 Å². The number of benzene rings is 1. The van der Waals surface area contributed by atoms with E-state index in [4.69, 9.17) is 11.6 Å². The molecule has 0 aliphatic carbocycles. The average Bonchev–Trinajstić information content (AvgIpc) is 3.35. The summed E-state index contributed by atoms with van der Waals surface area (Å²) in [5, 5.41) is 11.3. The smallest absolute Gasteiger partial charge is 0.276 e. The van der Waals surface area contributed by atoms with Gasteiger partial charge in [0.2, 0.25) is 0 Å². The van der Waals surface area contributed by atoms with Gasteiger partial charge in [0, 0.05) is 23.1 Å². The summed E-state index contributed by atoms with van der Waals surface area (Å²) in [6, 6.07) is 4.19. The van der Waals surface area contributed by atoms with Crippen LogP contribution in [0.25, 0.3) is 0 Å². The molecule has 0 bridgehead atoms. The van der Waals surface area contributed by atoms with Crippen molar-refractivity contribution in [1.82, 2.24) is 24.9 Å². The Morgan fingerprint density at radius 3 is 3.04 bits per heavy atom. The monoisotopic (exact) mass is 405 g/mol. The zero-order chi connectivity index (χ0) is 18.8. The fraction of sp³-hybridized carbons (Fsp3) is 0.333. The van der Waals surface area contributed by atoms with Crippen molar-refractivity contribution in [2.45, 2.75) is 31.8 Å². The van der Waals surface area contributed by atoms with Crippen LogP contribution in [0.5, 0.6) is 0 Å². The summed E-state index contributed by atoms with van der Waals surface area (Å²) in [5.74, 6) is -0.539. The van der Waals surface area contributed by atoms with Crippen molar-refractivity contribution in [1.29, 1.82) is 0 Å². The third-order valence-corrected chi connectivity index (χ3v) is 5.83. The van der Waals surface area contributed by atoms with Crippen molar-refractivity contribution in [2.24, 2.45) is 0 Å².